The molecule has 0 bridgehead atoms. The SMILES string of the molecule is COCCOc1cc(NC(=O)C(C)NC(=O)/C=C/c2ccccc2)ccc1OC. The minimum Gasteiger partial charge on any atom is -0.493 e. The van der Waals surface area contributed by atoms with Crippen LogP contribution in [0.4, 0.5) is 5.69 Å². The smallest absolute Gasteiger partial charge is 0.246 e. The highest BCUT2D eigenvalue weighted by atomic mass is 16.5. The maximum Gasteiger partial charge on any atom is 0.246 e. The van der Waals surface area contributed by atoms with E-state index in [0.29, 0.717) is 30.4 Å². The van der Waals surface area contributed by atoms with Crippen LogP contribution < -0.4 is 20.1 Å². The third kappa shape index (κ3) is 7.31. The average Bonchev–Trinajstić information content (AvgIpc) is 2.73. The number of amides is 2. The van der Waals surface area contributed by atoms with E-state index >= 15 is 0 Å². The molecule has 1 unspecified atom stereocenters. The van der Waals surface area contributed by atoms with Gasteiger partial charge in [0.25, 0.3) is 0 Å². The maximum atomic E-state index is 12.4. The Labute approximate surface area is 170 Å². The van der Waals surface area contributed by atoms with E-state index in [1.54, 1.807) is 38.3 Å². The van der Waals surface area contributed by atoms with E-state index in [0.717, 1.165) is 5.56 Å². The molecule has 0 radical (unpaired) electrons. The van der Waals surface area contributed by atoms with Gasteiger partial charge >= 0.3 is 0 Å². The number of ether oxygens (including phenoxy) is 3. The molecule has 2 aromatic carbocycles. The first-order valence-electron chi connectivity index (χ1n) is 9.17. The molecular weight excluding hydrogens is 372 g/mol. The van der Waals surface area contributed by atoms with Gasteiger partial charge in [0.2, 0.25) is 11.8 Å². The van der Waals surface area contributed by atoms with E-state index in [-0.39, 0.29) is 11.8 Å². The summed E-state index contributed by atoms with van der Waals surface area (Å²) in [6.07, 6.45) is 3.08. The molecule has 0 heterocycles. The molecule has 7 heteroatoms. The highest BCUT2D eigenvalue weighted by Crippen LogP contribution is 2.30. The number of rotatable bonds is 10. The molecule has 0 saturated heterocycles. The van der Waals surface area contributed by atoms with Gasteiger partial charge in [0.1, 0.15) is 12.6 Å². The monoisotopic (exact) mass is 398 g/mol. The Morgan fingerprint density at radius 2 is 1.79 bits per heavy atom. The van der Waals surface area contributed by atoms with E-state index in [1.807, 2.05) is 30.3 Å². The van der Waals surface area contributed by atoms with Crippen molar-refractivity contribution in [2.45, 2.75) is 13.0 Å². The minimum atomic E-state index is -0.720. The highest BCUT2D eigenvalue weighted by Gasteiger charge is 2.15. The van der Waals surface area contributed by atoms with Gasteiger partial charge in [-0.3, -0.25) is 9.59 Å². The number of hydrogen-bond acceptors (Lipinski definition) is 5. The summed E-state index contributed by atoms with van der Waals surface area (Å²) in [6.45, 7) is 2.40. The van der Waals surface area contributed by atoms with Crippen molar-refractivity contribution in [1.82, 2.24) is 5.32 Å². The van der Waals surface area contributed by atoms with Crippen LogP contribution in [0.5, 0.6) is 11.5 Å². The number of benzene rings is 2. The first-order chi connectivity index (χ1) is 14.0. The van der Waals surface area contributed by atoms with Crippen LogP contribution in [0.25, 0.3) is 6.08 Å². The Hall–Kier alpha value is -3.32. The Kier molecular flexibility index (Phi) is 8.72. The van der Waals surface area contributed by atoms with Crippen molar-refractivity contribution < 1.29 is 23.8 Å². The van der Waals surface area contributed by atoms with Gasteiger partial charge in [-0.25, -0.2) is 0 Å². The molecule has 0 aromatic heterocycles. The molecule has 0 fully saturated rings. The van der Waals surface area contributed by atoms with Crippen LogP contribution in [-0.2, 0) is 14.3 Å². The van der Waals surface area contributed by atoms with Crippen LogP contribution in [-0.4, -0.2) is 45.3 Å². The summed E-state index contributed by atoms with van der Waals surface area (Å²) in [5.41, 5.74) is 1.43. The van der Waals surface area contributed by atoms with Crippen molar-refractivity contribution >= 4 is 23.6 Å². The molecule has 2 N–H and O–H groups in total. The van der Waals surface area contributed by atoms with Crippen LogP contribution in [0.15, 0.2) is 54.6 Å². The summed E-state index contributed by atoms with van der Waals surface area (Å²) >= 11 is 0. The molecule has 0 saturated carbocycles. The maximum absolute atomic E-state index is 12.4. The molecule has 2 amide bonds. The highest BCUT2D eigenvalue weighted by molar-refractivity contribution is 5.99. The first kappa shape index (κ1) is 22.0. The van der Waals surface area contributed by atoms with Crippen LogP contribution in [0, 0.1) is 0 Å². The normalized spacial score (nSPS) is 11.7. The van der Waals surface area contributed by atoms with Crippen molar-refractivity contribution in [2.75, 3.05) is 32.8 Å². The largest absolute Gasteiger partial charge is 0.493 e. The predicted molar refractivity (Wildman–Crippen MR) is 112 cm³/mol. The van der Waals surface area contributed by atoms with Gasteiger partial charge in [-0.05, 0) is 30.7 Å². The number of hydrogen-bond donors (Lipinski definition) is 2. The Morgan fingerprint density at radius 3 is 2.48 bits per heavy atom. The molecule has 1 atom stereocenters. The lowest BCUT2D eigenvalue weighted by atomic mass is 10.2. The zero-order valence-corrected chi connectivity index (χ0v) is 16.8. The molecule has 0 spiro atoms. The molecule has 29 heavy (non-hydrogen) atoms. The lowest BCUT2D eigenvalue weighted by molar-refractivity contribution is -0.123. The van der Waals surface area contributed by atoms with E-state index in [4.69, 9.17) is 14.2 Å². The molecule has 0 aliphatic rings. The van der Waals surface area contributed by atoms with E-state index in [1.165, 1.54) is 13.2 Å². The van der Waals surface area contributed by atoms with Crippen LogP contribution in [0.2, 0.25) is 0 Å². The van der Waals surface area contributed by atoms with Crippen molar-refractivity contribution in [3.63, 3.8) is 0 Å². The Bertz CT molecular complexity index is 836. The van der Waals surface area contributed by atoms with Crippen LogP contribution in [0.1, 0.15) is 12.5 Å². The van der Waals surface area contributed by atoms with Crippen LogP contribution >= 0.6 is 0 Å². The standard InChI is InChI=1S/C22H26N2O5/c1-16(23-21(25)12-9-17-7-5-4-6-8-17)22(26)24-18-10-11-19(28-3)20(15-18)29-14-13-27-2/h4-12,15-16H,13-14H2,1-3H3,(H,23,25)(H,24,26)/b12-9+. The number of anilines is 1. The lowest BCUT2D eigenvalue weighted by Crippen LogP contribution is -2.40. The van der Waals surface area contributed by atoms with Crippen molar-refractivity contribution in [1.29, 1.82) is 0 Å². The van der Waals surface area contributed by atoms with Gasteiger partial charge in [0, 0.05) is 24.9 Å². The van der Waals surface area contributed by atoms with Crippen LogP contribution in [0.3, 0.4) is 0 Å². The first-order valence-corrected chi connectivity index (χ1v) is 9.17. The molecule has 0 aliphatic carbocycles. The molecular formula is C22H26N2O5. The summed E-state index contributed by atoms with van der Waals surface area (Å²) < 4.78 is 15.8. The second-order valence-corrected chi connectivity index (χ2v) is 6.17. The third-order valence-corrected chi connectivity index (χ3v) is 3.95. The topological polar surface area (TPSA) is 85.9 Å². The lowest BCUT2D eigenvalue weighted by Gasteiger charge is -2.15. The third-order valence-electron chi connectivity index (χ3n) is 3.95. The molecule has 0 aliphatic heterocycles. The number of carbonyl (C=O) groups is 2. The minimum absolute atomic E-state index is 0.348. The van der Waals surface area contributed by atoms with E-state index in [2.05, 4.69) is 10.6 Å². The number of methoxy groups -OCH3 is 2. The van der Waals surface area contributed by atoms with Gasteiger partial charge in [0.15, 0.2) is 11.5 Å². The van der Waals surface area contributed by atoms with Gasteiger partial charge in [-0.2, -0.15) is 0 Å². The Morgan fingerprint density at radius 1 is 1.03 bits per heavy atom. The van der Waals surface area contributed by atoms with Crippen molar-refractivity contribution in [3.05, 3.63) is 60.2 Å². The molecule has 7 nitrogen and oxygen atoms in total. The van der Waals surface area contributed by atoms with E-state index < -0.39 is 6.04 Å². The molecule has 2 rings (SSSR count). The van der Waals surface area contributed by atoms with Gasteiger partial charge in [-0.15, -0.1) is 0 Å². The summed E-state index contributed by atoms with van der Waals surface area (Å²) in [5, 5.41) is 5.40. The van der Waals surface area contributed by atoms with Gasteiger partial charge in [0.05, 0.1) is 13.7 Å². The fraction of sp³-hybridized carbons (Fsp3) is 0.273. The summed E-state index contributed by atoms with van der Waals surface area (Å²) in [4.78, 5) is 24.4. The second kappa shape index (κ2) is 11.5. The van der Waals surface area contributed by atoms with Crippen molar-refractivity contribution in [2.24, 2.45) is 0 Å². The van der Waals surface area contributed by atoms with Gasteiger partial charge in [-0.1, -0.05) is 30.3 Å². The second-order valence-electron chi connectivity index (χ2n) is 6.17. The summed E-state index contributed by atoms with van der Waals surface area (Å²) in [6, 6.07) is 13.8. The zero-order chi connectivity index (χ0) is 21.1. The van der Waals surface area contributed by atoms with Crippen molar-refractivity contribution in [3.8, 4) is 11.5 Å². The fourth-order valence-electron chi connectivity index (χ4n) is 2.42. The molecule has 154 valence electrons. The number of nitrogens with one attached hydrogen (secondary N) is 2. The van der Waals surface area contributed by atoms with Gasteiger partial charge < -0.3 is 24.8 Å². The summed E-state index contributed by atoms with van der Waals surface area (Å²) in [7, 11) is 3.12. The van der Waals surface area contributed by atoms with E-state index in [9.17, 15) is 9.59 Å². The molecule has 2 aromatic rings. The fourth-order valence-corrected chi connectivity index (χ4v) is 2.42. The Balaban J connectivity index is 1.93. The zero-order valence-electron chi connectivity index (χ0n) is 16.8. The summed E-state index contributed by atoms with van der Waals surface area (Å²) in [5.74, 6) is 0.339. The quantitative estimate of drug-likeness (QED) is 0.475. The predicted octanol–water partition coefficient (Wildman–Crippen LogP) is 2.88. The number of carbonyl (C=O) groups excluding carboxylic acids is 2. The average molecular weight is 398 g/mol.